The quantitative estimate of drug-likeness (QED) is 0.880. The number of hydrogen-bond acceptors (Lipinski definition) is 4. The molecule has 2 aliphatic rings. The number of nitrogens with one attached hydrogen (secondary N) is 1. The van der Waals surface area contributed by atoms with Crippen molar-refractivity contribution < 1.29 is 22.7 Å². The molecule has 2 heterocycles. The SMILES string of the molecule is C[C@H](N=C1NC(=O)C2(CCOCC2)S1)c1ccccc1C(F)(F)F. The molecule has 1 N–H and O–H groups in total. The first-order chi connectivity index (χ1) is 11.3. The Hall–Kier alpha value is -1.54. The van der Waals surface area contributed by atoms with Crippen molar-refractivity contribution in [3.05, 3.63) is 35.4 Å². The summed E-state index contributed by atoms with van der Waals surface area (Å²) in [5.74, 6) is -0.133. The average molecular weight is 358 g/mol. The van der Waals surface area contributed by atoms with Crippen LogP contribution in [0.25, 0.3) is 0 Å². The first kappa shape index (κ1) is 17.3. The Balaban J connectivity index is 1.84. The Morgan fingerprint density at radius 2 is 1.96 bits per heavy atom. The predicted molar refractivity (Wildman–Crippen MR) is 85.8 cm³/mol. The minimum Gasteiger partial charge on any atom is -0.381 e. The molecule has 2 aliphatic heterocycles. The summed E-state index contributed by atoms with van der Waals surface area (Å²) in [4.78, 5) is 16.6. The monoisotopic (exact) mass is 358 g/mol. The normalized spacial score (nSPS) is 23.5. The van der Waals surface area contributed by atoms with Gasteiger partial charge in [0.05, 0.1) is 11.6 Å². The molecule has 0 unspecified atom stereocenters. The van der Waals surface area contributed by atoms with Gasteiger partial charge in [0.25, 0.3) is 0 Å². The standard InChI is InChI=1S/C16H17F3N2O2S/c1-10(11-4-2-3-5-12(11)16(17,18)19)20-14-21-13(22)15(24-14)6-8-23-9-7-15/h2-5,10H,6-9H2,1H3,(H,20,21,22)/t10-/m0/s1. The molecule has 1 atom stereocenters. The van der Waals surface area contributed by atoms with Crippen molar-refractivity contribution in [3.8, 4) is 0 Å². The fourth-order valence-electron chi connectivity index (χ4n) is 2.92. The van der Waals surface area contributed by atoms with E-state index in [1.807, 2.05) is 0 Å². The van der Waals surface area contributed by atoms with E-state index in [2.05, 4.69) is 10.3 Å². The number of hydrogen-bond donors (Lipinski definition) is 1. The number of amides is 1. The van der Waals surface area contributed by atoms with Crippen LogP contribution in [0.4, 0.5) is 13.2 Å². The van der Waals surface area contributed by atoms with Crippen molar-refractivity contribution >= 4 is 22.8 Å². The summed E-state index contributed by atoms with van der Waals surface area (Å²) in [7, 11) is 0. The summed E-state index contributed by atoms with van der Waals surface area (Å²) in [6, 6.07) is 4.67. The predicted octanol–water partition coefficient (Wildman–Crippen LogP) is 3.53. The molecular weight excluding hydrogens is 341 g/mol. The number of amidine groups is 1. The highest BCUT2D eigenvalue weighted by molar-refractivity contribution is 8.16. The molecule has 1 aromatic carbocycles. The van der Waals surface area contributed by atoms with E-state index in [4.69, 9.17) is 4.74 Å². The Morgan fingerprint density at radius 1 is 1.29 bits per heavy atom. The number of aliphatic imine (C=N–C) groups is 1. The molecular formula is C16H17F3N2O2S. The molecule has 0 radical (unpaired) electrons. The van der Waals surface area contributed by atoms with Crippen LogP contribution in [-0.4, -0.2) is 29.0 Å². The van der Waals surface area contributed by atoms with Gasteiger partial charge in [-0.3, -0.25) is 9.79 Å². The van der Waals surface area contributed by atoms with Gasteiger partial charge in [-0.2, -0.15) is 13.2 Å². The lowest BCUT2D eigenvalue weighted by Crippen LogP contribution is -2.41. The number of thioether (sulfide) groups is 1. The van der Waals surface area contributed by atoms with Crippen molar-refractivity contribution in [1.82, 2.24) is 5.32 Å². The van der Waals surface area contributed by atoms with Crippen LogP contribution in [0.15, 0.2) is 29.3 Å². The van der Waals surface area contributed by atoms with Gasteiger partial charge in [-0.25, -0.2) is 0 Å². The zero-order valence-corrected chi connectivity index (χ0v) is 13.8. The van der Waals surface area contributed by atoms with Crippen molar-refractivity contribution in [1.29, 1.82) is 0 Å². The molecule has 8 heteroatoms. The van der Waals surface area contributed by atoms with Gasteiger partial charge >= 0.3 is 6.18 Å². The maximum atomic E-state index is 13.1. The highest BCUT2D eigenvalue weighted by atomic mass is 32.2. The van der Waals surface area contributed by atoms with Crippen LogP contribution in [0.5, 0.6) is 0 Å². The summed E-state index contributed by atoms with van der Waals surface area (Å²) in [5.41, 5.74) is -0.600. The third-order valence-corrected chi connectivity index (χ3v) is 5.64. The van der Waals surface area contributed by atoms with Crippen molar-refractivity contribution in [2.75, 3.05) is 13.2 Å². The van der Waals surface area contributed by atoms with E-state index in [0.29, 0.717) is 31.2 Å². The summed E-state index contributed by atoms with van der Waals surface area (Å²) >= 11 is 1.31. The summed E-state index contributed by atoms with van der Waals surface area (Å²) in [6.45, 7) is 2.60. The van der Waals surface area contributed by atoms with Crippen LogP contribution < -0.4 is 5.32 Å². The van der Waals surface area contributed by atoms with E-state index >= 15 is 0 Å². The van der Waals surface area contributed by atoms with E-state index in [0.717, 1.165) is 6.07 Å². The van der Waals surface area contributed by atoms with Crippen LogP contribution >= 0.6 is 11.8 Å². The Kier molecular flexibility index (Phi) is 4.61. The molecule has 4 nitrogen and oxygen atoms in total. The first-order valence-corrected chi connectivity index (χ1v) is 8.46. The first-order valence-electron chi connectivity index (χ1n) is 7.64. The van der Waals surface area contributed by atoms with E-state index in [9.17, 15) is 18.0 Å². The second-order valence-corrected chi connectivity index (χ2v) is 7.23. The number of halogens is 3. The Bertz CT molecular complexity index is 670. The molecule has 2 fully saturated rings. The molecule has 130 valence electrons. The molecule has 1 spiro atoms. The van der Waals surface area contributed by atoms with E-state index in [-0.39, 0.29) is 11.5 Å². The molecule has 3 rings (SSSR count). The number of rotatable bonds is 2. The molecule has 2 saturated heterocycles. The second-order valence-electron chi connectivity index (χ2n) is 5.86. The average Bonchev–Trinajstić information content (AvgIpc) is 2.82. The lowest BCUT2D eigenvalue weighted by Gasteiger charge is -2.28. The summed E-state index contributed by atoms with van der Waals surface area (Å²) < 4.78 is 44.1. The minimum atomic E-state index is -4.43. The van der Waals surface area contributed by atoms with E-state index in [1.54, 1.807) is 13.0 Å². The van der Waals surface area contributed by atoms with Gasteiger partial charge in [0.15, 0.2) is 5.17 Å². The number of alkyl halides is 3. The Labute approximate surface area is 141 Å². The van der Waals surface area contributed by atoms with Gasteiger partial charge in [-0.05, 0) is 31.4 Å². The van der Waals surface area contributed by atoms with Crippen molar-refractivity contribution in [3.63, 3.8) is 0 Å². The van der Waals surface area contributed by atoms with Gasteiger partial charge in [0, 0.05) is 13.2 Å². The number of carbonyl (C=O) groups is 1. The molecule has 0 saturated carbocycles. The summed E-state index contributed by atoms with van der Waals surface area (Å²) in [5, 5.41) is 3.09. The molecule has 24 heavy (non-hydrogen) atoms. The fourth-order valence-corrected chi connectivity index (χ4v) is 4.16. The highest BCUT2D eigenvalue weighted by Crippen LogP contribution is 2.41. The van der Waals surface area contributed by atoms with Gasteiger partial charge in [-0.15, -0.1) is 0 Å². The van der Waals surface area contributed by atoms with E-state index < -0.39 is 22.5 Å². The third kappa shape index (κ3) is 3.30. The molecule has 0 aliphatic carbocycles. The largest absolute Gasteiger partial charge is 0.416 e. The third-order valence-electron chi connectivity index (χ3n) is 4.25. The fraction of sp³-hybridized carbons (Fsp3) is 0.500. The number of benzene rings is 1. The van der Waals surface area contributed by atoms with Crippen LogP contribution in [0.2, 0.25) is 0 Å². The molecule has 1 aromatic rings. The van der Waals surface area contributed by atoms with Gasteiger partial charge < -0.3 is 10.1 Å². The molecule has 0 aromatic heterocycles. The number of carbonyl (C=O) groups excluding carboxylic acids is 1. The second kappa shape index (κ2) is 6.40. The smallest absolute Gasteiger partial charge is 0.381 e. The van der Waals surface area contributed by atoms with E-state index in [1.165, 1.54) is 23.9 Å². The van der Waals surface area contributed by atoms with Crippen LogP contribution in [0.1, 0.15) is 36.9 Å². The van der Waals surface area contributed by atoms with Crippen molar-refractivity contribution in [2.24, 2.45) is 4.99 Å². The number of nitrogens with zero attached hydrogens (tertiary/aromatic N) is 1. The van der Waals surface area contributed by atoms with Crippen LogP contribution in [-0.2, 0) is 15.7 Å². The van der Waals surface area contributed by atoms with Crippen LogP contribution in [0.3, 0.4) is 0 Å². The highest BCUT2D eigenvalue weighted by Gasteiger charge is 2.47. The van der Waals surface area contributed by atoms with Gasteiger partial charge in [0.1, 0.15) is 4.75 Å². The number of ether oxygens (including phenoxy) is 1. The maximum Gasteiger partial charge on any atom is 0.416 e. The lowest BCUT2D eigenvalue weighted by atomic mass is 9.98. The molecule has 1 amide bonds. The van der Waals surface area contributed by atoms with Gasteiger partial charge in [-0.1, -0.05) is 30.0 Å². The van der Waals surface area contributed by atoms with Crippen molar-refractivity contribution in [2.45, 2.75) is 36.7 Å². The molecule has 0 bridgehead atoms. The zero-order valence-electron chi connectivity index (χ0n) is 13.0. The Morgan fingerprint density at radius 3 is 2.62 bits per heavy atom. The summed E-state index contributed by atoms with van der Waals surface area (Å²) in [6.07, 6.45) is -3.27. The van der Waals surface area contributed by atoms with Crippen LogP contribution in [0, 0.1) is 0 Å². The maximum absolute atomic E-state index is 13.1. The lowest BCUT2D eigenvalue weighted by molar-refractivity contribution is -0.138. The zero-order chi connectivity index (χ0) is 17.4. The van der Waals surface area contributed by atoms with Gasteiger partial charge in [0.2, 0.25) is 5.91 Å². The topological polar surface area (TPSA) is 50.7 Å². The minimum absolute atomic E-state index is 0.0975.